The van der Waals surface area contributed by atoms with Crippen molar-refractivity contribution in [2.24, 2.45) is 10.9 Å². The molecule has 0 bridgehead atoms. The van der Waals surface area contributed by atoms with Crippen molar-refractivity contribution in [1.82, 2.24) is 20.5 Å². The number of aryl methyl sites for hydroxylation is 1. The fraction of sp³-hybridized carbons (Fsp3) is 0.826. The molecular weight excluding hydrogens is 394 g/mol. The monoisotopic (exact) mass is 435 g/mol. The molecule has 2 heterocycles. The SMILES string of the molecule is CCc1nc(CN2CCC(CNC(=NC)NCCCOC3CCCCC3)CC2)cs1. The molecule has 0 atom stereocenters. The summed E-state index contributed by atoms with van der Waals surface area (Å²) < 4.78 is 6.01. The van der Waals surface area contributed by atoms with E-state index in [1.54, 1.807) is 11.3 Å². The number of piperidine rings is 1. The molecule has 1 aliphatic heterocycles. The number of guanidine groups is 1. The number of hydrogen-bond acceptors (Lipinski definition) is 5. The molecule has 1 saturated heterocycles. The van der Waals surface area contributed by atoms with Gasteiger partial charge < -0.3 is 15.4 Å². The molecule has 2 N–H and O–H groups in total. The Bertz CT molecular complexity index is 621. The summed E-state index contributed by atoms with van der Waals surface area (Å²) in [6, 6.07) is 0. The average Bonchev–Trinajstić information content (AvgIpc) is 3.25. The number of ether oxygens (including phenoxy) is 1. The van der Waals surface area contributed by atoms with Crippen LogP contribution >= 0.6 is 11.3 Å². The highest BCUT2D eigenvalue weighted by Crippen LogP contribution is 2.21. The van der Waals surface area contributed by atoms with E-state index in [9.17, 15) is 0 Å². The lowest BCUT2D eigenvalue weighted by molar-refractivity contribution is 0.0277. The first kappa shape index (κ1) is 23.5. The van der Waals surface area contributed by atoms with Crippen molar-refractivity contribution in [3.8, 4) is 0 Å². The third kappa shape index (κ3) is 8.16. The van der Waals surface area contributed by atoms with Crippen molar-refractivity contribution in [1.29, 1.82) is 0 Å². The van der Waals surface area contributed by atoms with Crippen molar-refractivity contribution in [2.75, 3.05) is 39.8 Å². The molecule has 1 saturated carbocycles. The third-order valence-corrected chi connectivity index (χ3v) is 7.34. The predicted molar refractivity (Wildman–Crippen MR) is 126 cm³/mol. The van der Waals surface area contributed by atoms with Crippen molar-refractivity contribution >= 4 is 17.3 Å². The Kier molecular flexibility index (Phi) is 10.4. The fourth-order valence-corrected chi connectivity index (χ4v) is 5.12. The summed E-state index contributed by atoms with van der Waals surface area (Å²) in [5.74, 6) is 1.64. The molecule has 0 unspecified atom stereocenters. The highest BCUT2D eigenvalue weighted by Gasteiger charge is 2.20. The quantitative estimate of drug-likeness (QED) is 0.332. The minimum atomic E-state index is 0.506. The van der Waals surface area contributed by atoms with Gasteiger partial charge >= 0.3 is 0 Å². The van der Waals surface area contributed by atoms with Gasteiger partial charge in [0.05, 0.1) is 16.8 Å². The van der Waals surface area contributed by atoms with E-state index in [1.807, 2.05) is 7.05 Å². The molecule has 0 radical (unpaired) electrons. The second-order valence-corrected chi connectivity index (χ2v) is 9.61. The molecule has 0 aromatic carbocycles. The van der Waals surface area contributed by atoms with Crippen molar-refractivity contribution in [3.05, 3.63) is 16.1 Å². The molecular formula is C23H41N5OS. The smallest absolute Gasteiger partial charge is 0.190 e. The first-order chi connectivity index (χ1) is 14.8. The standard InChI is InChI=1S/C23H41N5OS/c1-3-22-27-20(18-30-22)17-28-13-10-19(11-14-28)16-26-23(24-2)25-12-7-15-29-21-8-5-4-6-9-21/h18-19,21H,3-17H2,1-2H3,(H2,24,25,26). The number of likely N-dealkylation sites (tertiary alicyclic amines) is 1. The van der Waals surface area contributed by atoms with Gasteiger partial charge in [0, 0.05) is 38.7 Å². The Morgan fingerprint density at radius 2 is 2.00 bits per heavy atom. The highest BCUT2D eigenvalue weighted by molar-refractivity contribution is 7.09. The minimum absolute atomic E-state index is 0.506. The van der Waals surface area contributed by atoms with Crippen LogP contribution in [-0.2, 0) is 17.7 Å². The number of rotatable bonds is 10. The van der Waals surface area contributed by atoms with Crippen molar-refractivity contribution < 1.29 is 4.74 Å². The van der Waals surface area contributed by atoms with Crippen LogP contribution < -0.4 is 10.6 Å². The fourth-order valence-electron chi connectivity index (χ4n) is 4.38. The molecule has 170 valence electrons. The zero-order valence-corrected chi connectivity index (χ0v) is 19.8. The summed E-state index contributed by atoms with van der Waals surface area (Å²) in [5, 5.41) is 10.4. The Morgan fingerprint density at radius 1 is 1.20 bits per heavy atom. The van der Waals surface area contributed by atoms with Gasteiger partial charge in [0.25, 0.3) is 0 Å². The van der Waals surface area contributed by atoms with E-state index in [2.05, 4.69) is 32.8 Å². The van der Waals surface area contributed by atoms with Crippen LogP contribution in [0.3, 0.4) is 0 Å². The number of hydrogen-bond donors (Lipinski definition) is 2. The van der Waals surface area contributed by atoms with Crippen LogP contribution in [0.25, 0.3) is 0 Å². The van der Waals surface area contributed by atoms with Gasteiger partial charge in [-0.2, -0.15) is 0 Å². The maximum atomic E-state index is 6.01. The molecule has 7 heteroatoms. The second-order valence-electron chi connectivity index (χ2n) is 8.67. The van der Waals surface area contributed by atoms with Gasteiger partial charge in [-0.3, -0.25) is 9.89 Å². The lowest BCUT2D eigenvalue weighted by Gasteiger charge is -2.31. The maximum Gasteiger partial charge on any atom is 0.190 e. The predicted octanol–water partition coefficient (Wildman–Crippen LogP) is 3.82. The van der Waals surface area contributed by atoms with Gasteiger partial charge in [-0.05, 0) is 57.5 Å². The van der Waals surface area contributed by atoms with Gasteiger partial charge in [0.2, 0.25) is 0 Å². The third-order valence-electron chi connectivity index (χ3n) is 6.30. The largest absolute Gasteiger partial charge is 0.378 e. The first-order valence-corrected chi connectivity index (χ1v) is 12.9. The maximum absolute atomic E-state index is 6.01. The topological polar surface area (TPSA) is 61.8 Å². The summed E-state index contributed by atoms with van der Waals surface area (Å²) in [6.45, 7) is 8.27. The van der Waals surface area contributed by atoms with Crippen LogP contribution in [0.2, 0.25) is 0 Å². The van der Waals surface area contributed by atoms with Crippen molar-refractivity contribution in [2.45, 2.75) is 77.4 Å². The number of thiazole rings is 1. The molecule has 2 fully saturated rings. The van der Waals surface area contributed by atoms with Crippen molar-refractivity contribution in [3.63, 3.8) is 0 Å². The Balaban J connectivity index is 1.23. The zero-order chi connectivity index (χ0) is 21.0. The van der Waals surface area contributed by atoms with E-state index in [0.717, 1.165) is 64.0 Å². The Labute approximate surface area is 186 Å². The first-order valence-electron chi connectivity index (χ1n) is 12.0. The molecule has 1 aromatic heterocycles. The number of nitrogens with one attached hydrogen (secondary N) is 2. The summed E-state index contributed by atoms with van der Waals surface area (Å²) >= 11 is 1.79. The summed E-state index contributed by atoms with van der Waals surface area (Å²) in [5.41, 5.74) is 1.24. The molecule has 0 amide bonds. The van der Waals surface area contributed by atoms with Gasteiger partial charge in [0.15, 0.2) is 5.96 Å². The Morgan fingerprint density at radius 3 is 2.70 bits per heavy atom. The van der Waals surface area contributed by atoms with Crippen LogP contribution in [0.5, 0.6) is 0 Å². The van der Waals surface area contributed by atoms with E-state index >= 15 is 0 Å². The van der Waals surface area contributed by atoms with E-state index in [0.29, 0.717) is 6.10 Å². The zero-order valence-electron chi connectivity index (χ0n) is 19.0. The highest BCUT2D eigenvalue weighted by atomic mass is 32.1. The molecule has 30 heavy (non-hydrogen) atoms. The van der Waals surface area contributed by atoms with Gasteiger partial charge in [-0.15, -0.1) is 11.3 Å². The van der Waals surface area contributed by atoms with Crippen LogP contribution in [-0.4, -0.2) is 61.8 Å². The van der Waals surface area contributed by atoms with Crippen LogP contribution in [0.15, 0.2) is 10.4 Å². The lowest BCUT2D eigenvalue weighted by atomic mass is 9.97. The molecule has 1 aliphatic carbocycles. The molecule has 1 aromatic rings. The average molecular weight is 436 g/mol. The normalized spacial score (nSPS) is 19.9. The van der Waals surface area contributed by atoms with Crippen LogP contribution in [0, 0.1) is 5.92 Å². The van der Waals surface area contributed by atoms with Crippen LogP contribution in [0.1, 0.15) is 69.0 Å². The number of aliphatic imine (C=N–C) groups is 1. The number of aromatic nitrogens is 1. The van der Waals surface area contributed by atoms with E-state index in [-0.39, 0.29) is 0 Å². The molecule has 2 aliphatic rings. The van der Waals surface area contributed by atoms with E-state index in [4.69, 9.17) is 9.72 Å². The van der Waals surface area contributed by atoms with E-state index in [1.165, 1.54) is 55.6 Å². The van der Waals surface area contributed by atoms with E-state index < -0.39 is 0 Å². The molecule has 0 spiro atoms. The van der Waals surface area contributed by atoms with Gasteiger partial charge in [-0.1, -0.05) is 26.2 Å². The molecule has 3 rings (SSSR count). The summed E-state index contributed by atoms with van der Waals surface area (Å²) in [7, 11) is 1.86. The summed E-state index contributed by atoms with van der Waals surface area (Å²) in [6.07, 6.45) is 11.6. The summed E-state index contributed by atoms with van der Waals surface area (Å²) in [4.78, 5) is 11.6. The van der Waals surface area contributed by atoms with Gasteiger partial charge in [-0.25, -0.2) is 4.98 Å². The second kappa shape index (κ2) is 13.3. The van der Waals surface area contributed by atoms with Gasteiger partial charge in [0.1, 0.15) is 0 Å². The minimum Gasteiger partial charge on any atom is -0.378 e. The molecule has 6 nitrogen and oxygen atoms in total. The number of nitrogens with zero attached hydrogens (tertiary/aromatic N) is 3. The lowest BCUT2D eigenvalue weighted by Crippen LogP contribution is -2.43. The van der Waals surface area contributed by atoms with Crippen LogP contribution in [0.4, 0.5) is 0 Å². The Hall–Kier alpha value is -1.18.